The Bertz CT molecular complexity index is 1210. The van der Waals surface area contributed by atoms with Gasteiger partial charge in [0.25, 0.3) is 11.9 Å². The summed E-state index contributed by atoms with van der Waals surface area (Å²) in [5.74, 6) is -3.90. The zero-order chi connectivity index (χ0) is 22.8. The molecule has 4 rings (SSSR count). The van der Waals surface area contributed by atoms with Gasteiger partial charge in [0.1, 0.15) is 10.6 Å². The molecule has 10 heteroatoms. The van der Waals surface area contributed by atoms with Crippen LogP contribution in [0.5, 0.6) is 0 Å². The molecule has 1 aliphatic rings. The Balaban J connectivity index is 1.66. The third kappa shape index (κ3) is 4.22. The fraction of sp³-hybridized carbons (Fsp3) is 0.182. The van der Waals surface area contributed by atoms with Crippen LogP contribution in [0.4, 0.5) is 24.8 Å². The molecule has 0 spiro atoms. The summed E-state index contributed by atoms with van der Waals surface area (Å²) in [7, 11) is 0. The Kier molecular flexibility index (Phi) is 6.22. The number of hydrogen-bond donors (Lipinski definition) is 1. The highest BCUT2D eigenvalue weighted by Crippen LogP contribution is 2.38. The van der Waals surface area contributed by atoms with Gasteiger partial charge < -0.3 is 10.2 Å². The third-order valence-electron chi connectivity index (χ3n) is 5.04. The van der Waals surface area contributed by atoms with Crippen molar-refractivity contribution in [1.82, 2.24) is 15.0 Å². The van der Waals surface area contributed by atoms with Crippen LogP contribution in [0, 0.1) is 17.7 Å². The Morgan fingerprint density at radius 1 is 1.09 bits per heavy atom. The number of halogens is 4. The highest BCUT2D eigenvalue weighted by molar-refractivity contribution is 9.09. The predicted molar refractivity (Wildman–Crippen MR) is 118 cm³/mol. The number of nitrogens with one attached hydrogen (secondary N) is 1. The molecule has 1 unspecified atom stereocenters. The largest absolute Gasteiger partial charge is 0.337 e. The maximum atomic E-state index is 15.0. The van der Waals surface area contributed by atoms with Crippen LogP contribution < -0.4 is 10.2 Å². The SMILES string of the molecule is CC1=C(c2nc(F)c(NC(=O)c3ccccc3)nc2F)C(Br)N(c2ncccc2F)CC1. The van der Waals surface area contributed by atoms with Crippen molar-refractivity contribution in [3.8, 4) is 0 Å². The number of amides is 1. The summed E-state index contributed by atoms with van der Waals surface area (Å²) in [6.45, 7) is 2.18. The predicted octanol–water partition coefficient (Wildman–Crippen LogP) is 4.95. The average molecular weight is 504 g/mol. The molecule has 32 heavy (non-hydrogen) atoms. The molecule has 2 aromatic heterocycles. The van der Waals surface area contributed by atoms with Crippen molar-refractivity contribution >= 4 is 39.0 Å². The molecule has 0 saturated heterocycles. The second kappa shape index (κ2) is 9.07. The number of pyridine rings is 1. The molecule has 1 atom stereocenters. The number of alkyl halides is 1. The van der Waals surface area contributed by atoms with E-state index in [9.17, 15) is 18.0 Å². The molecule has 0 saturated carbocycles. The minimum absolute atomic E-state index is 0.0833. The summed E-state index contributed by atoms with van der Waals surface area (Å²) in [6, 6.07) is 10.8. The maximum absolute atomic E-state index is 15.0. The van der Waals surface area contributed by atoms with Gasteiger partial charge in [-0.3, -0.25) is 4.79 Å². The lowest BCUT2D eigenvalue weighted by molar-refractivity contribution is 0.102. The van der Waals surface area contributed by atoms with E-state index in [4.69, 9.17) is 0 Å². The van der Waals surface area contributed by atoms with Gasteiger partial charge in [0.15, 0.2) is 17.5 Å². The minimum atomic E-state index is -1.13. The summed E-state index contributed by atoms with van der Waals surface area (Å²) < 4.78 is 44.0. The minimum Gasteiger partial charge on any atom is -0.337 e. The molecular weight excluding hydrogens is 487 g/mol. The van der Waals surface area contributed by atoms with Crippen molar-refractivity contribution in [3.63, 3.8) is 0 Å². The molecule has 164 valence electrons. The summed E-state index contributed by atoms with van der Waals surface area (Å²) in [5.41, 5.74) is 1.01. The first-order chi connectivity index (χ1) is 15.4. The number of benzene rings is 1. The number of hydrogen-bond acceptors (Lipinski definition) is 5. The van der Waals surface area contributed by atoms with Gasteiger partial charge in [0.2, 0.25) is 5.95 Å². The highest BCUT2D eigenvalue weighted by atomic mass is 79.9. The van der Waals surface area contributed by atoms with Gasteiger partial charge in [-0.05, 0) is 37.6 Å². The standard InChI is InChI=1S/C22H17BrF3N5O/c1-12-9-11-31(21-14(24)8-5-10-27-21)17(23)15(12)16-18(25)29-20(19(26)28-16)30-22(32)13-6-3-2-4-7-13/h2-8,10,17H,9,11H2,1H3,(H,29,30,32). The summed E-state index contributed by atoms with van der Waals surface area (Å²) in [6.07, 6.45) is 1.91. The Morgan fingerprint density at radius 3 is 2.56 bits per heavy atom. The first-order valence-corrected chi connectivity index (χ1v) is 10.6. The van der Waals surface area contributed by atoms with Crippen molar-refractivity contribution < 1.29 is 18.0 Å². The van der Waals surface area contributed by atoms with E-state index in [2.05, 4.69) is 36.2 Å². The van der Waals surface area contributed by atoms with E-state index in [0.29, 0.717) is 18.5 Å². The van der Waals surface area contributed by atoms with E-state index >= 15 is 0 Å². The van der Waals surface area contributed by atoms with Gasteiger partial charge in [-0.2, -0.15) is 13.8 Å². The van der Waals surface area contributed by atoms with Crippen LogP contribution in [0.25, 0.3) is 5.57 Å². The van der Waals surface area contributed by atoms with Gasteiger partial charge in [-0.25, -0.2) is 14.4 Å². The summed E-state index contributed by atoms with van der Waals surface area (Å²) in [4.78, 5) is 24.6. The second-order valence-electron chi connectivity index (χ2n) is 7.10. The first-order valence-electron chi connectivity index (χ1n) is 9.67. The molecular formula is C22H17BrF3N5O. The Hall–Kier alpha value is -3.27. The van der Waals surface area contributed by atoms with Crippen LogP contribution in [0.2, 0.25) is 0 Å². The fourth-order valence-corrected chi connectivity index (χ4v) is 4.43. The zero-order valence-electron chi connectivity index (χ0n) is 16.8. The second-order valence-corrected chi connectivity index (χ2v) is 7.97. The number of anilines is 2. The highest BCUT2D eigenvalue weighted by Gasteiger charge is 2.33. The van der Waals surface area contributed by atoms with Crippen molar-refractivity contribution in [2.75, 3.05) is 16.8 Å². The van der Waals surface area contributed by atoms with Crippen LogP contribution in [-0.4, -0.2) is 32.4 Å². The van der Waals surface area contributed by atoms with Crippen molar-refractivity contribution in [3.05, 3.63) is 83.2 Å². The molecule has 1 aromatic carbocycles. The quantitative estimate of drug-likeness (QED) is 0.403. The lowest BCUT2D eigenvalue weighted by Gasteiger charge is -2.35. The average Bonchev–Trinajstić information content (AvgIpc) is 2.78. The topological polar surface area (TPSA) is 71.0 Å². The number of carbonyl (C=O) groups is 1. The number of aromatic nitrogens is 3. The van der Waals surface area contributed by atoms with E-state index in [0.717, 1.165) is 5.57 Å². The van der Waals surface area contributed by atoms with Crippen LogP contribution >= 0.6 is 15.9 Å². The smallest absolute Gasteiger partial charge is 0.256 e. The molecule has 0 bridgehead atoms. The van der Waals surface area contributed by atoms with Gasteiger partial charge in [-0.15, -0.1) is 0 Å². The van der Waals surface area contributed by atoms with Crippen LogP contribution in [-0.2, 0) is 0 Å². The molecule has 6 nitrogen and oxygen atoms in total. The van der Waals surface area contributed by atoms with Crippen LogP contribution in [0.1, 0.15) is 29.4 Å². The molecule has 0 radical (unpaired) electrons. The van der Waals surface area contributed by atoms with Gasteiger partial charge in [0.05, 0.1) is 0 Å². The molecule has 0 fully saturated rings. The van der Waals surface area contributed by atoms with Crippen LogP contribution in [0.15, 0.2) is 54.2 Å². The molecule has 1 amide bonds. The Morgan fingerprint density at radius 2 is 1.84 bits per heavy atom. The molecule has 0 aliphatic carbocycles. The number of rotatable bonds is 4. The summed E-state index contributed by atoms with van der Waals surface area (Å²) >= 11 is 3.45. The Labute approximate surface area is 190 Å². The van der Waals surface area contributed by atoms with Crippen LogP contribution in [0.3, 0.4) is 0 Å². The monoisotopic (exact) mass is 503 g/mol. The van der Waals surface area contributed by atoms with E-state index in [1.807, 2.05) is 0 Å². The molecule has 1 aliphatic heterocycles. The molecule has 3 heterocycles. The maximum Gasteiger partial charge on any atom is 0.256 e. The van der Waals surface area contributed by atoms with Crippen molar-refractivity contribution in [1.29, 1.82) is 0 Å². The van der Waals surface area contributed by atoms with E-state index in [1.165, 1.54) is 30.5 Å². The van der Waals surface area contributed by atoms with E-state index in [1.54, 1.807) is 30.0 Å². The third-order valence-corrected chi connectivity index (χ3v) is 6.00. The first kappa shape index (κ1) is 21.9. The van der Waals surface area contributed by atoms with E-state index < -0.39 is 34.4 Å². The van der Waals surface area contributed by atoms with Crippen molar-refractivity contribution in [2.45, 2.75) is 18.3 Å². The van der Waals surface area contributed by atoms with Gasteiger partial charge in [0, 0.05) is 23.9 Å². The fourth-order valence-electron chi connectivity index (χ4n) is 3.43. The number of carbonyl (C=O) groups excluding carboxylic acids is 1. The lowest BCUT2D eigenvalue weighted by atomic mass is 9.98. The van der Waals surface area contributed by atoms with Crippen molar-refractivity contribution in [2.24, 2.45) is 0 Å². The zero-order valence-corrected chi connectivity index (χ0v) is 18.4. The molecule has 1 N–H and O–H groups in total. The number of nitrogens with zero attached hydrogens (tertiary/aromatic N) is 4. The lowest BCUT2D eigenvalue weighted by Crippen LogP contribution is -2.38. The molecule has 3 aromatic rings. The van der Waals surface area contributed by atoms with E-state index in [-0.39, 0.29) is 17.1 Å². The van der Waals surface area contributed by atoms with Gasteiger partial charge in [-0.1, -0.05) is 39.7 Å². The normalized spacial score (nSPS) is 16.3. The summed E-state index contributed by atoms with van der Waals surface area (Å²) in [5, 5.41) is 2.24. The van der Waals surface area contributed by atoms with Gasteiger partial charge >= 0.3 is 0 Å².